The second-order valence-electron chi connectivity index (χ2n) is 5.62. The summed E-state index contributed by atoms with van der Waals surface area (Å²) in [5.74, 6) is 1.36. The number of hydrogen-bond donors (Lipinski definition) is 2. The molecular weight excluding hydrogens is 292 g/mol. The molecule has 0 radical (unpaired) electrons. The van der Waals surface area contributed by atoms with Gasteiger partial charge in [-0.25, -0.2) is 8.42 Å². The van der Waals surface area contributed by atoms with Crippen molar-refractivity contribution in [3.63, 3.8) is 0 Å². The van der Waals surface area contributed by atoms with Gasteiger partial charge in [-0.1, -0.05) is 0 Å². The number of aliphatic hydroxyl groups excluding tert-OH is 1. The van der Waals surface area contributed by atoms with Gasteiger partial charge in [0.15, 0.2) is 15.8 Å². The third-order valence-corrected chi connectivity index (χ3v) is 5.52. The van der Waals surface area contributed by atoms with E-state index in [9.17, 15) is 13.5 Å². The van der Waals surface area contributed by atoms with Crippen molar-refractivity contribution < 1.29 is 13.5 Å². The molecule has 2 N–H and O–H groups in total. The van der Waals surface area contributed by atoms with Gasteiger partial charge in [-0.15, -0.1) is 0 Å². The predicted molar refractivity (Wildman–Crippen MR) is 83.3 cm³/mol. The molecule has 2 aliphatic heterocycles. The van der Waals surface area contributed by atoms with E-state index in [2.05, 4.69) is 20.1 Å². The summed E-state index contributed by atoms with van der Waals surface area (Å²) in [6.07, 6.45) is 0.523. The number of likely N-dealkylation sites (tertiary alicyclic amines) is 1. The average molecular weight is 318 g/mol. The molecule has 21 heavy (non-hydrogen) atoms. The van der Waals surface area contributed by atoms with Gasteiger partial charge in [0.1, 0.15) is 0 Å². The van der Waals surface area contributed by atoms with Crippen LogP contribution in [0.25, 0.3) is 0 Å². The maximum Gasteiger partial charge on any atom is 0.194 e. The Hall–Kier alpha value is -0.860. The normalized spacial score (nSPS) is 27.0. The molecule has 8 heteroatoms. The lowest BCUT2D eigenvalue weighted by Crippen LogP contribution is -2.43. The SMILES string of the molecule is CCNC(=NCCN1CCS(=O)(=O)CC1)N1CC[C@@H](O)C1. The van der Waals surface area contributed by atoms with Gasteiger partial charge in [0.05, 0.1) is 24.2 Å². The lowest BCUT2D eigenvalue weighted by Gasteiger charge is -2.26. The third kappa shape index (κ3) is 5.12. The molecule has 2 fully saturated rings. The number of nitrogens with zero attached hydrogens (tertiary/aromatic N) is 3. The van der Waals surface area contributed by atoms with Crippen LogP contribution in [0.3, 0.4) is 0 Å². The highest BCUT2D eigenvalue weighted by Crippen LogP contribution is 2.09. The zero-order valence-corrected chi connectivity index (χ0v) is 13.5. The van der Waals surface area contributed by atoms with Gasteiger partial charge in [0, 0.05) is 39.3 Å². The Morgan fingerprint density at radius 3 is 2.62 bits per heavy atom. The van der Waals surface area contributed by atoms with Crippen LogP contribution in [0.2, 0.25) is 0 Å². The van der Waals surface area contributed by atoms with Crippen molar-refractivity contribution in [2.24, 2.45) is 4.99 Å². The largest absolute Gasteiger partial charge is 0.391 e. The molecule has 0 bridgehead atoms. The van der Waals surface area contributed by atoms with Crippen molar-refractivity contribution >= 4 is 15.8 Å². The van der Waals surface area contributed by atoms with E-state index in [0.717, 1.165) is 32.0 Å². The molecule has 0 aromatic carbocycles. The molecule has 122 valence electrons. The standard InChI is InChI=1S/C13H26N4O3S/c1-2-14-13(17-5-3-12(18)11-17)15-4-6-16-7-9-21(19,20)10-8-16/h12,18H,2-11H2,1H3,(H,14,15)/t12-/m1/s1. The summed E-state index contributed by atoms with van der Waals surface area (Å²) in [6, 6.07) is 0. The minimum Gasteiger partial charge on any atom is -0.391 e. The molecule has 0 aliphatic carbocycles. The van der Waals surface area contributed by atoms with E-state index in [1.165, 1.54) is 0 Å². The Kier molecular flexibility index (Phi) is 5.83. The zero-order valence-electron chi connectivity index (χ0n) is 12.7. The van der Waals surface area contributed by atoms with Crippen LogP contribution in [0.1, 0.15) is 13.3 Å². The van der Waals surface area contributed by atoms with E-state index < -0.39 is 9.84 Å². The molecule has 0 aromatic heterocycles. The third-order valence-electron chi connectivity index (χ3n) is 3.91. The molecule has 1 atom stereocenters. The first-order valence-corrected chi connectivity index (χ1v) is 9.46. The Labute approximate surface area is 126 Å². The predicted octanol–water partition coefficient (Wildman–Crippen LogP) is -1.25. The van der Waals surface area contributed by atoms with Crippen LogP contribution in [0.5, 0.6) is 0 Å². The van der Waals surface area contributed by atoms with Crippen molar-refractivity contribution in [1.82, 2.24) is 15.1 Å². The fraction of sp³-hybridized carbons (Fsp3) is 0.923. The molecule has 0 amide bonds. The molecule has 0 spiro atoms. The summed E-state index contributed by atoms with van der Waals surface area (Å²) < 4.78 is 22.7. The zero-order chi connectivity index (χ0) is 15.3. The maximum atomic E-state index is 11.4. The monoisotopic (exact) mass is 318 g/mol. The lowest BCUT2D eigenvalue weighted by molar-refractivity contribution is 0.187. The van der Waals surface area contributed by atoms with Gasteiger partial charge < -0.3 is 15.3 Å². The number of guanidine groups is 1. The summed E-state index contributed by atoms with van der Waals surface area (Å²) in [6.45, 7) is 6.93. The van der Waals surface area contributed by atoms with Crippen LogP contribution in [-0.2, 0) is 9.84 Å². The topological polar surface area (TPSA) is 85.2 Å². The fourth-order valence-corrected chi connectivity index (χ4v) is 3.91. The number of sulfone groups is 1. The van der Waals surface area contributed by atoms with Crippen molar-refractivity contribution in [2.75, 3.05) is 57.3 Å². The molecule has 2 heterocycles. The van der Waals surface area contributed by atoms with Crippen LogP contribution in [0, 0.1) is 0 Å². The molecule has 2 rings (SSSR count). The van der Waals surface area contributed by atoms with Crippen LogP contribution in [-0.4, -0.2) is 92.7 Å². The maximum absolute atomic E-state index is 11.4. The first-order valence-electron chi connectivity index (χ1n) is 7.64. The van der Waals surface area contributed by atoms with E-state index in [1.54, 1.807) is 0 Å². The van der Waals surface area contributed by atoms with E-state index in [1.807, 2.05) is 6.92 Å². The molecule has 2 aliphatic rings. The summed E-state index contributed by atoms with van der Waals surface area (Å²) in [7, 11) is -2.81. The van der Waals surface area contributed by atoms with Crippen LogP contribution >= 0.6 is 0 Å². The van der Waals surface area contributed by atoms with Crippen molar-refractivity contribution in [1.29, 1.82) is 0 Å². The van der Waals surface area contributed by atoms with E-state index >= 15 is 0 Å². The van der Waals surface area contributed by atoms with E-state index in [0.29, 0.717) is 26.2 Å². The van der Waals surface area contributed by atoms with Gasteiger partial charge in [-0.05, 0) is 13.3 Å². The van der Waals surface area contributed by atoms with Crippen LogP contribution in [0.4, 0.5) is 0 Å². The summed E-state index contributed by atoms with van der Waals surface area (Å²) >= 11 is 0. The number of nitrogens with one attached hydrogen (secondary N) is 1. The summed E-state index contributed by atoms with van der Waals surface area (Å²) in [4.78, 5) is 8.81. The Balaban J connectivity index is 1.80. The second kappa shape index (κ2) is 7.42. The first kappa shape index (κ1) is 16.5. The highest BCUT2D eigenvalue weighted by molar-refractivity contribution is 7.91. The number of aliphatic hydroxyl groups is 1. The first-order chi connectivity index (χ1) is 10.00. The minimum absolute atomic E-state index is 0.259. The van der Waals surface area contributed by atoms with Gasteiger partial charge in [-0.3, -0.25) is 9.89 Å². The van der Waals surface area contributed by atoms with Gasteiger partial charge in [0.25, 0.3) is 0 Å². The highest BCUT2D eigenvalue weighted by Gasteiger charge is 2.23. The Bertz CT molecular complexity index is 452. The fourth-order valence-electron chi connectivity index (χ4n) is 2.63. The van der Waals surface area contributed by atoms with E-state index in [-0.39, 0.29) is 17.6 Å². The van der Waals surface area contributed by atoms with Crippen LogP contribution in [0.15, 0.2) is 4.99 Å². The number of hydrogen-bond acceptors (Lipinski definition) is 5. The average Bonchev–Trinajstić information content (AvgIpc) is 2.86. The Morgan fingerprint density at radius 1 is 1.33 bits per heavy atom. The number of rotatable bonds is 4. The molecule has 0 unspecified atom stereocenters. The number of β-amino-alcohol motifs (C(OH)–C–C–N with tert-alkyl or cyclic N) is 1. The minimum atomic E-state index is -2.81. The number of aliphatic imine (C=N–C) groups is 1. The molecule has 0 saturated carbocycles. The van der Waals surface area contributed by atoms with Gasteiger partial charge >= 0.3 is 0 Å². The molecule has 0 aromatic rings. The van der Waals surface area contributed by atoms with E-state index in [4.69, 9.17) is 0 Å². The molecule has 7 nitrogen and oxygen atoms in total. The quantitative estimate of drug-likeness (QED) is 0.498. The summed E-state index contributed by atoms with van der Waals surface area (Å²) in [5, 5.41) is 12.9. The lowest BCUT2D eigenvalue weighted by atomic mass is 10.3. The van der Waals surface area contributed by atoms with Crippen molar-refractivity contribution in [2.45, 2.75) is 19.4 Å². The Morgan fingerprint density at radius 2 is 2.05 bits per heavy atom. The summed E-state index contributed by atoms with van der Waals surface area (Å²) in [5.41, 5.74) is 0. The second-order valence-corrected chi connectivity index (χ2v) is 7.92. The molecule has 2 saturated heterocycles. The van der Waals surface area contributed by atoms with Crippen molar-refractivity contribution in [3.8, 4) is 0 Å². The smallest absolute Gasteiger partial charge is 0.194 e. The van der Waals surface area contributed by atoms with Gasteiger partial charge in [-0.2, -0.15) is 0 Å². The highest BCUT2D eigenvalue weighted by atomic mass is 32.2. The van der Waals surface area contributed by atoms with Crippen molar-refractivity contribution in [3.05, 3.63) is 0 Å². The van der Waals surface area contributed by atoms with Crippen LogP contribution < -0.4 is 5.32 Å². The van der Waals surface area contributed by atoms with Gasteiger partial charge in [0.2, 0.25) is 0 Å². The molecular formula is C13H26N4O3S.